The second kappa shape index (κ2) is 13.2. The molecule has 0 aliphatic rings. The first-order valence-electron chi connectivity index (χ1n) is 14.3. The highest BCUT2D eigenvalue weighted by molar-refractivity contribution is 6.31. The highest BCUT2D eigenvalue weighted by Gasteiger charge is 2.15. The number of benzene rings is 4. The van der Waals surface area contributed by atoms with Gasteiger partial charge in [-0.05, 0) is 61.4 Å². The Bertz CT molecular complexity index is 1830. The van der Waals surface area contributed by atoms with E-state index in [2.05, 4.69) is 10.6 Å². The first-order valence-corrected chi connectivity index (χ1v) is 15.1. The maximum Gasteiger partial charge on any atom is 0.252 e. The number of amides is 2. The highest BCUT2D eigenvalue weighted by Crippen LogP contribution is 2.27. The van der Waals surface area contributed by atoms with Crippen molar-refractivity contribution in [1.29, 1.82) is 0 Å². The normalized spacial score (nSPS) is 11.0. The summed E-state index contributed by atoms with van der Waals surface area (Å²) in [4.78, 5) is 36.0. The molecule has 4 aromatic carbocycles. The van der Waals surface area contributed by atoms with Gasteiger partial charge in [0.2, 0.25) is 0 Å². The topological polar surface area (TPSA) is 84.0 Å². The minimum atomic E-state index is -0.166. The Balaban J connectivity index is 1.08. The van der Waals surface area contributed by atoms with Crippen LogP contribution in [0.1, 0.15) is 33.6 Å². The quantitative estimate of drug-likeness (QED) is 0.159. The molecule has 0 aliphatic heterocycles. The first kappa shape index (κ1) is 29.3. The lowest BCUT2D eigenvalue weighted by atomic mass is 10.0. The summed E-state index contributed by atoms with van der Waals surface area (Å²) >= 11 is 12.1. The van der Waals surface area contributed by atoms with Crippen LogP contribution in [-0.2, 0) is 0 Å². The number of carbonyl (C=O) groups excluding carboxylic acids is 2. The van der Waals surface area contributed by atoms with Crippen molar-refractivity contribution in [3.8, 4) is 22.5 Å². The van der Waals surface area contributed by atoms with Crippen LogP contribution in [0.3, 0.4) is 0 Å². The molecule has 0 fully saturated rings. The second-order valence-electron chi connectivity index (χ2n) is 10.4. The average Bonchev–Trinajstić information content (AvgIpc) is 3.05. The molecule has 6 nitrogen and oxygen atoms in total. The van der Waals surface area contributed by atoms with Crippen molar-refractivity contribution in [2.45, 2.75) is 12.8 Å². The van der Waals surface area contributed by atoms with E-state index >= 15 is 0 Å². The molecule has 2 heterocycles. The van der Waals surface area contributed by atoms with Gasteiger partial charge in [0, 0.05) is 45.0 Å². The van der Waals surface area contributed by atoms with Gasteiger partial charge in [0.05, 0.1) is 33.5 Å². The van der Waals surface area contributed by atoms with Crippen LogP contribution in [0.25, 0.3) is 44.3 Å². The Morgan fingerprint density at radius 3 is 1.34 bits per heavy atom. The number of unbranched alkanes of at least 4 members (excludes halogenated alkanes) is 1. The summed E-state index contributed by atoms with van der Waals surface area (Å²) in [5, 5.41) is 8.93. The molecule has 2 N–H and O–H groups in total. The molecule has 0 spiro atoms. The zero-order valence-corrected chi connectivity index (χ0v) is 25.2. The Morgan fingerprint density at radius 1 is 0.545 bits per heavy atom. The van der Waals surface area contributed by atoms with Gasteiger partial charge in [-0.25, -0.2) is 9.97 Å². The number of hydrogen-bond acceptors (Lipinski definition) is 4. The Morgan fingerprint density at radius 2 is 0.932 bits per heavy atom. The smallest absolute Gasteiger partial charge is 0.252 e. The number of carbonyl (C=O) groups is 2. The maximum absolute atomic E-state index is 13.3. The zero-order valence-electron chi connectivity index (χ0n) is 23.7. The summed E-state index contributed by atoms with van der Waals surface area (Å²) in [5.41, 5.74) is 5.79. The fraction of sp³-hybridized carbons (Fsp3) is 0.111. The predicted octanol–water partition coefficient (Wildman–Crippen LogP) is 8.36. The summed E-state index contributed by atoms with van der Waals surface area (Å²) < 4.78 is 0. The number of para-hydroxylation sites is 2. The van der Waals surface area contributed by atoms with Crippen LogP contribution in [0.15, 0.2) is 109 Å². The Labute approximate surface area is 265 Å². The molecule has 0 bridgehead atoms. The monoisotopic (exact) mass is 618 g/mol. The molecule has 0 radical (unpaired) electrons. The van der Waals surface area contributed by atoms with E-state index < -0.39 is 0 Å². The van der Waals surface area contributed by atoms with Crippen LogP contribution < -0.4 is 10.6 Å². The van der Waals surface area contributed by atoms with Gasteiger partial charge >= 0.3 is 0 Å². The van der Waals surface area contributed by atoms with Crippen LogP contribution in [-0.4, -0.2) is 34.9 Å². The molecule has 0 aliphatic carbocycles. The molecular weight excluding hydrogens is 591 g/mol. The number of halogens is 2. The number of nitrogens with zero attached hydrogens (tertiary/aromatic N) is 2. The highest BCUT2D eigenvalue weighted by atomic mass is 35.5. The lowest BCUT2D eigenvalue weighted by Crippen LogP contribution is -2.27. The SMILES string of the molecule is O=C(NCCCCNC(=O)c1cc(-c2ccc(Cl)cc2)nc2ccccc12)c1cc(-c2ccc(Cl)cc2)nc2ccccc12. The molecule has 8 heteroatoms. The molecular formula is C36H28Cl2N4O2. The molecule has 2 aromatic heterocycles. The van der Waals surface area contributed by atoms with Gasteiger partial charge in [0.15, 0.2) is 0 Å². The third-order valence-electron chi connectivity index (χ3n) is 7.38. The third-order valence-corrected chi connectivity index (χ3v) is 7.88. The number of fused-ring (bicyclic) bond motifs is 2. The Hall–Kier alpha value is -4.78. The molecule has 218 valence electrons. The molecule has 0 unspecified atom stereocenters. The van der Waals surface area contributed by atoms with Crippen LogP contribution >= 0.6 is 23.2 Å². The van der Waals surface area contributed by atoms with E-state index in [-0.39, 0.29) is 11.8 Å². The van der Waals surface area contributed by atoms with Crippen molar-refractivity contribution >= 4 is 56.8 Å². The van der Waals surface area contributed by atoms with Gasteiger partial charge in [0.25, 0.3) is 11.8 Å². The van der Waals surface area contributed by atoms with Crippen molar-refractivity contribution in [2.75, 3.05) is 13.1 Å². The predicted molar refractivity (Wildman–Crippen MR) is 178 cm³/mol. The van der Waals surface area contributed by atoms with E-state index in [0.29, 0.717) is 58.5 Å². The number of aromatic nitrogens is 2. The van der Waals surface area contributed by atoms with E-state index in [1.807, 2.05) is 109 Å². The standard InChI is InChI=1S/C36H28Cl2N4O2/c37-25-15-11-23(12-16-25)33-21-29(27-7-1-3-9-31(27)41-33)35(43)39-19-5-6-20-40-36(44)30-22-34(24-13-17-26(38)18-14-24)42-32-10-4-2-8-28(30)32/h1-4,7-18,21-22H,5-6,19-20H2,(H,39,43)(H,40,44). The van der Waals surface area contributed by atoms with Crippen molar-refractivity contribution in [3.05, 3.63) is 130 Å². The Kier molecular flexibility index (Phi) is 8.82. The minimum absolute atomic E-state index is 0.166. The van der Waals surface area contributed by atoms with Crippen LogP contribution in [0.5, 0.6) is 0 Å². The lowest BCUT2D eigenvalue weighted by Gasteiger charge is -2.12. The van der Waals surface area contributed by atoms with E-state index in [0.717, 1.165) is 32.9 Å². The zero-order chi connectivity index (χ0) is 30.5. The molecule has 6 aromatic rings. The number of pyridine rings is 2. The van der Waals surface area contributed by atoms with E-state index in [4.69, 9.17) is 33.2 Å². The van der Waals surface area contributed by atoms with Crippen LogP contribution in [0.2, 0.25) is 10.0 Å². The summed E-state index contributed by atoms with van der Waals surface area (Å²) in [6.07, 6.45) is 1.40. The van der Waals surface area contributed by atoms with Crippen molar-refractivity contribution in [2.24, 2.45) is 0 Å². The van der Waals surface area contributed by atoms with E-state index in [1.54, 1.807) is 0 Å². The molecule has 44 heavy (non-hydrogen) atoms. The third kappa shape index (κ3) is 6.57. The first-order chi connectivity index (χ1) is 21.5. The van der Waals surface area contributed by atoms with Crippen LogP contribution in [0, 0.1) is 0 Å². The average molecular weight is 620 g/mol. The molecule has 0 saturated carbocycles. The van der Waals surface area contributed by atoms with Gasteiger partial charge in [-0.3, -0.25) is 9.59 Å². The molecule has 2 amide bonds. The van der Waals surface area contributed by atoms with Crippen molar-refractivity contribution in [3.63, 3.8) is 0 Å². The largest absolute Gasteiger partial charge is 0.352 e. The van der Waals surface area contributed by atoms with Crippen molar-refractivity contribution < 1.29 is 9.59 Å². The minimum Gasteiger partial charge on any atom is -0.352 e. The maximum atomic E-state index is 13.3. The van der Waals surface area contributed by atoms with Gasteiger partial charge in [-0.1, -0.05) is 83.9 Å². The summed E-state index contributed by atoms with van der Waals surface area (Å²) in [5.74, 6) is -0.332. The lowest BCUT2D eigenvalue weighted by molar-refractivity contribution is 0.0941. The van der Waals surface area contributed by atoms with Gasteiger partial charge in [-0.15, -0.1) is 0 Å². The molecule has 6 rings (SSSR count). The van der Waals surface area contributed by atoms with Gasteiger partial charge in [-0.2, -0.15) is 0 Å². The summed E-state index contributed by atoms with van der Waals surface area (Å²) in [7, 11) is 0. The summed E-state index contributed by atoms with van der Waals surface area (Å²) in [6.45, 7) is 0.946. The molecule has 0 atom stereocenters. The van der Waals surface area contributed by atoms with Gasteiger partial charge in [0.1, 0.15) is 0 Å². The van der Waals surface area contributed by atoms with E-state index in [1.165, 1.54) is 0 Å². The fourth-order valence-electron chi connectivity index (χ4n) is 5.11. The van der Waals surface area contributed by atoms with E-state index in [9.17, 15) is 9.59 Å². The van der Waals surface area contributed by atoms with Crippen LogP contribution in [0.4, 0.5) is 0 Å². The number of nitrogens with one attached hydrogen (secondary N) is 2. The van der Waals surface area contributed by atoms with Gasteiger partial charge < -0.3 is 10.6 Å². The number of rotatable bonds is 9. The second-order valence-corrected chi connectivity index (χ2v) is 11.2. The summed E-state index contributed by atoms with van der Waals surface area (Å²) in [6, 6.07) is 33.7. The fourth-order valence-corrected chi connectivity index (χ4v) is 5.36. The van der Waals surface area contributed by atoms with Crippen molar-refractivity contribution in [1.82, 2.24) is 20.6 Å². The molecule has 0 saturated heterocycles. The number of hydrogen-bond donors (Lipinski definition) is 2.